The summed E-state index contributed by atoms with van der Waals surface area (Å²) in [6, 6.07) is 5.68. The molecule has 0 radical (unpaired) electrons. The first-order chi connectivity index (χ1) is 5.43. The molecule has 11 heavy (non-hydrogen) atoms. The number of nitrogens with zero attached hydrogens (tertiary/aromatic N) is 1. The van der Waals surface area contributed by atoms with Gasteiger partial charge in [-0.25, -0.2) is 0 Å². The van der Waals surface area contributed by atoms with Gasteiger partial charge in [0.1, 0.15) is 0 Å². The van der Waals surface area contributed by atoms with Crippen LogP contribution in [0.3, 0.4) is 0 Å². The van der Waals surface area contributed by atoms with Crippen molar-refractivity contribution in [3.8, 4) is 5.88 Å². The van der Waals surface area contributed by atoms with Gasteiger partial charge in [0.05, 0.1) is 0 Å². The van der Waals surface area contributed by atoms with E-state index in [0.29, 0.717) is 0 Å². The Morgan fingerprint density at radius 1 is 1.45 bits per heavy atom. The summed E-state index contributed by atoms with van der Waals surface area (Å²) in [5, 5.41) is 1.16. The average Bonchev–Trinajstić information content (AvgIpc) is 2.07. The molecule has 0 aliphatic carbocycles. The van der Waals surface area contributed by atoms with E-state index in [1.807, 2.05) is 18.2 Å². The van der Waals surface area contributed by atoms with Crippen molar-refractivity contribution < 1.29 is 4.74 Å². The maximum absolute atomic E-state index is 5.34. The van der Waals surface area contributed by atoms with Crippen LogP contribution in [0, 0.1) is 0 Å². The van der Waals surface area contributed by atoms with Crippen molar-refractivity contribution in [3.05, 3.63) is 24.4 Å². The second-order valence-corrected chi connectivity index (χ2v) is 2.37. The van der Waals surface area contributed by atoms with E-state index < -0.39 is 0 Å². The Hall–Kier alpha value is -0.453. The van der Waals surface area contributed by atoms with Gasteiger partial charge in [-0.05, 0) is 0 Å². The first-order valence-electron chi connectivity index (χ1n) is 3.97. The van der Waals surface area contributed by atoms with E-state index in [-0.39, 0.29) is 0 Å². The quantitative estimate of drug-likeness (QED) is 0.470. The number of pyridine rings is 1. The molecule has 0 bridgehead atoms. The molecule has 1 aromatic heterocycles. The van der Waals surface area contributed by atoms with E-state index in [1.54, 1.807) is 6.20 Å². The fourth-order valence-corrected chi connectivity index (χ4v) is 0.754. The van der Waals surface area contributed by atoms with Gasteiger partial charge in [-0.3, -0.25) is 0 Å². The Bertz CT molecular complexity index is 191. The Balaban J connectivity index is 2.28. The molecule has 0 aromatic carbocycles. The van der Waals surface area contributed by atoms with Crippen molar-refractivity contribution in [1.82, 2.24) is 4.98 Å². The van der Waals surface area contributed by atoms with E-state index in [0.717, 1.165) is 24.0 Å². The molecule has 0 saturated heterocycles. The Morgan fingerprint density at radius 2 is 2.36 bits per heavy atom. The van der Waals surface area contributed by atoms with Crippen molar-refractivity contribution in [2.24, 2.45) is 0 Å². The van der Waals surface area contributed by atoms with Crippen LogP contribution in [-0.2, 0) is 0 Å². The number of hydrogen-bond donors (Lipinski definition) is 0. The van der Waals surface area contributed by atoms with Crippen LogP contribution in [0.25, 0.3) is 0 Å². The van der Waals surface area contributed by atoms with Crippen LogP contribution in [-0.4, -0.2) is 29.3 Å². The topological polar surface area (TPSA) is 22.1 Å². The van der Waals surface area contributed by atoms with Gasteiger partial charge in [-0.2, -0.15) is 0 Å². The number of hydrogen-bond acceptors (Lipinski definition) is 2. The third kappa shape index (κ3) is 3.45. The van der Waals surface area contributed by atoms with Gasteiger partial charge in [-0.1, -0.05) is 0 Å². The zero-order valence-corrected chi connectivity index (χ0v) is 6.79. The maximum atomic E-state index is 5.34. The molecule has 0 unspecified atom stereocenters. The van der Waals surface area contributed by atoms with E-state index >= 15 is 0 Å². The fraction of sp³-hybridized carbons (Fsp3) is 0.375. The van der Waals surface area contributed by atoms with Gasteiger partial charge in [0.15, 0.2) is 0 Å². The third-order valence-corrected chi connectivity index (χ3v) is 1.39. The normalized spacial score (nSPS) is 9.64. The second-order valence-electron chi connectivity index (χ2n) is 2.37. The monoisotopic (exact) mass is 143 g/mol. The van der Waals surface area contributed by atoms with Crippen molar-refractivity contribution in [2.75, 3.05) is 6.61 Å². The van der Waals surface area contributed by atoms with Gasteiger partial charge >= 0.3 is 75.8 Å². The molecule has 2 nitrogen and oxygen atoms in total. The third-order valence-electron chi connectivity index (χ3n) is 1.39. The van der Waals surface area contributed by atoms with Crippen molar-refractivity contribution >= 4 is 17.7 Å². The molecule has 1 rings (SSSR count). The molecule has 1 aromatic rings. The summed E-state index contributed by atoms with van der Waals surface area (Å²) >= 11 is 2.14. The SMILES string of the molecule is [Li][CH2]CCOc1ccccn1. The van der Waals surface area contributed by atoms with Gasteiger partial charge in [-0.15, -0.1) is 0 Å². The summed E-state index contributed by atoms with van der Waals surface area (Å²) < 4.78 is 5.34. The van der Waals surface area contributed by atoms with Gasteiger partial charge < -0.3 is 0 Å². The Kier molecular flexibility index (Phi) is 4.11. The number of rotatable bonds is 4. The number of aromatic nitrogens is 1. The molecule has 0 saturated carbocycles. The van der Waals surface area contributed by atoms with Gasteiger partial charge in [0.25, 0.3) is 0 Å². The molecule has 3 heteroatoms. The first-order valence-corrected chi connectivity index (χ1v) is 3.97. The molecule has 0 atom stereocenters. The summed E-state index contributed by atoms with van der Waals surface area (Å²) in [7, 11) is 0. The van der Waals surface area contributed by atoms with Crippen LogP contribution in [0.5, 0.6) is 5.88 Å². The average molecular weight is 143 g/mol. The summed E-state index contributed by atoms with van der Waals surface area (Å²) in [4.78, 5) is 4.03. The molecule has 54 valence electrons. The molecule has 0 fully saturated rings. The molecule has 0 N–H and O–H groups in total. The van der Waals surface area contributed by atoms with E-state index in [4.69, 9.17) is 4.74 Å². The van der Waals surface area contributed by atoms with Crippen molar-refractivity contribution in [2.45, 2.75) is 11.5 Å². The van der Waals surface area contributed by atoms with Crippen LogP contribution in [0.2, 0.25) is 5.09 Å². The molecule has 0 aliphatic rings. The minimum absolute atomic E-state index is 0.723. The molecule has 1 heterocycles. The second kappa shape index (κ2) is 5.23. The van der Waals surface area contributed by atoms with E-state index in [1.165, 1.54) is 0 Å². The molecular weight excluding hydrogens is 133 g/mol. The standard InChI is InChI=1S/C8H10NO.Li/c1-2-7-10-8-5-3-4-6-9-8;/h3-6H,1-2,7H2;. The zero-order valence-electron chi connectivity index (χ0n) is 6.79. The number of ether oxygens (including phenoxy) is 1. The summed E-state index contributed by atoms with van der Waals surface area (Å²) in [6.45, 7) is 0.771. The van der Waals surface area contributed by atoms with Crippen molar-refractivity contribution in [3.63, 3.8) is 0 Å². The predicted molar refractivity (Wildman–Crippen MR) is 44.9 cm³/mol. The predicted octanol–water partition coefficient (Wildman–Crippen LogP) is 1.44. The van der Waals surface area contributed by atoms with Crippen LogP contribution in [0.15, 0.2) is 24.4 Å². The van der Waals surface area contributed by atoms with Crippen LogP contribution < -0.4 is 4.74 Å². The molecule has 0 amide bonds. The Labute approximate surface area is 76.2 Å². The molecular formula is C8H10LiNO. The van der Waals surface area contributed by atoms with E-state index in [2.05, 4.69) is 22.7 Å². The Morgan fingerprint density at radius 3 is 3.00 bits per heavy atom. The van der Waals surface area contributed by atoms with Crippen LogP contribution in [0.4, 0.5) is 0 Å². The molecule has 0 spiro atoms. The van der Waals surface area contributed by atoms with Gasteiger partial charge in [0.2, 0.25) is 0 Å². The fourth-order valence-electron chi connectivity index (χ4n) is 0.754. The van der Waals surface area contributed by atoms with Crippen LogP contribution >= 0.6 is 0 Å². The molecule has 0 aliphatic heterocycles. The summed E-state index contributed by atoms with van der Waals surface area (Å²) in [5.74, 6) is 0.723. The summed E-state index contributed by atoms with van der Waals surface area (Å²) in [5.41, 5.74) is 0. The minimum atomic E-state index is 0.723. The zero-order chi connectivity index (χ0) is 7.94. The van der Waals surface area contributed by atoms with Gasteiger partial charge in [0, 0.05) is 0 Å². The van der Waals surface area contributed by atoms with E-state index in [9.17, 15) is 0 Å². The summed E-state index contributed by atoms with van der Waals surface area (Å²) in [6.07, 6.45) is 2.83. The van der Waals surface area contributed by atoms with Crippen molar-refractivity contribution in [1.29, 1.82) is 0 Å². The van der Waals surface area contributed by atoms with Crippen LogP contribution in [0.1, 0.15) is 6.42 Å². The first kappa shape index (κ1) is 8.64.